The Morgan fingerprint density at radius 1 is 0.268 bits per heavy atom. The van der Waals surface area contributed by atoms with E-state index in [-0.39, 0.29) is 0 Å². The van der Waals surface area contributed by atoms with Crippen molar-refractivity contribution >= 4 is 0 Å². The van der Waals surface area contributed by atoms with Crippen LogP contribution in [0.2, 0.25) is 0 Å². The van der Waals surface area contributed by atoms with Crippen molar-refractivity contribution in [3.8, 4) is 0 Å². The van der Waals surface area contributed by atoms with Crippen LogP contribution >= 0.6 is 0 Å². The van der Waals surface area contributed by atoms with Crippen LogP contribution in [0.1, 0.15) is 0 Å². The number of hydrogen-bond donors (Lipinski definition) is 17. The van der Waals surface area contributed by atoms with Crippen LogP contribution in [0.25, 0.3) is 0 Å². The van der Waals surface area contributed by atoms with Gasteiger partial charge in [-0.15, -0.1) is 0 Å². The highest BCUT2D eigenvalue weighted by Crippen LogP contribution is 2.36. The zero-order chi connectivity index (χ0) is 41.3. The molecule has 0 aromatic rings. The summed E-state index contributed by atoms with van der Waals surface area (Å²) in [6, 6.07) is 0. The molecule has 0 amide bonds. The summed E-state index contributed by atoms with van der Waals surface area (Å²) < 4.78 is 50.2. The molecule has 25 atom stereocenters. The van der Waals surface area contributed by atoms with Crippen molar-refractivity contribution < 1.29 is 129 Å². The predicted octanol–water partition coefficient (Wildman–Crippen LogP) is -11.9. The molecule has 17 N–H and O–H groups in total. The van der Waals surface area contributed by atoms with Crippen molar-refractivity contribution in [2.24, 2.45) is 0 Å². The van der Waals surface area contributed by atoms with Gasteiger partial charge in [-0.1, -0.05) is 0 Å². The minimum atomic E-state index is -2.16. The highest BCUT2D eigenvalue weighted by molar-refractivity contribution is 4.98. The van der Waals surface area contributed by atoms with Crippen LogP contribution in [0.5, 0.6) is 0 Å². The Hall–Kier alpha value is -1.04. The molecule has 5 fully saturated rings. The lowest BCUT2D eigenvalue weighted by atomic mass is 9.95. The highest BCUT2D eigenvalue weighted by atomic mass is 16.8. The SMILES string of the molecule is OC[C@H]1O[C@@H](O[C@@H]2[C@H](O[C@@H]3[C@@H](O[C@@H]4[C@@H](O[C@@H]5C(O)O[C@H](CO)[C@@H](O)[C@@H]5O)O[C@H](CO)[C@@H](O)[C@@H]4O)O[C@H](CO)[C@@H](O)[C@@H]3O)O[C@H](CO)[C@@H](O)[C@@H]2O)[C@@H](O)[C@@H](O)[C@@H]1O. The highest BCUT2D eigenvalue weighted by Gasteiger charge is 2.57. The standard InChI is InChI=1S/C30H52O26/c31-1-6-12(37)17(42)22(26(47)48-6)53-28-24(19(44)14(39)8(3-33)50-28)55-30-25(20(45)15(40)10(5-35)52-30)56-29-23(18(43)13(38)9(4-34)51-29)54-27-21(46)16(41)11(36)7(2-32)49-27/h6-47H,1-5H2/t6-,7-,8-,9-,10-,11-,12-,13-,14-,15-,16+,17+,18+,19+,20+,21+,22+,23+,24+,25+,26?,27+,28-,29+,30-/m1/s1. The number of aliphatic hydroxyl groups excluding tert-OH is 17. The molecule has 0 bridgehead atoms. The Morgan fingerprint density at radius 2 is 0.518 bits per heavy atom. The molecule has 26 heteroatoms. The maximum absolute atomic E-state index is 11.3. The van der Waals surface area contributed by atoms with E-state index < -0.39 is 187 Å². The lowest BCUT2D eigenvalue weighted by Gasteiger charge is -2.50. The van der Waals surface area contributed by atoms with Gasteiger partial charge < -0.3 is 129 Å². The Labute approximate surface area is 316 Å². The van der Waals surface area contributed by atoms with Crippen molar-refractivity contribution in [3.63, 3.8) is 0 Å². The Kier molecular flexibility index (Phi) is 16.1. The van der Waals surface area contributed by atoms with E-state index in [0.717, 1.165) is 0 Å². The lowest BCUT2D eigenvalue weighted by Crippen LogP contribution is -2.68. The van der Waals surface area contributed by atoms with Crippen molar-refractivity contribution in [3.05, 3.63) is 0 Å². The third kappa shape index (κ3) is 9.16. The molecule has 0 saturated carbocycles. The number of rotatable bonds is 13. The van der Waals surface area contributed by atoms with Crippen LogP contribution in [-0.4, -0.2) is 273 Å². The molecule has 5 rings (SSSR count). The monoisotopic (exact) mass is 828 g/mol. The van der Waals surface area contributed by atoms with E-state index in [1.807, 2.05) is 0 Å². The summed E-state index contributed by atoms with van der Waals surface area (Å²) >= 11 is 0. The molecular weight excluding hydrogens is 776 g/mol. The van der Waals surface area contributed by atoms with E-state index in [4.69, 9.17) is 42.6 Å². The van der Waals surface area contributed by atoms with E-state index in [2.05, 4.69) is 0 Å². The van der Waals surface area contributed by atoms with Gasteiger partial charge in [0.05, 0.1) is 33.0 Å². The van der Waals surface area contributed by atoms with E-state index in [9.17, 15) is 86.8 Å². The first kappa shape index (κ1) is 46.0. The van der Waals surface area contributed by atoms with Crippen molar-refractivity contribution in [1.29, 1.82) is 0 Å². The van der Waals surface area contributed by atoms with E-state index >= 15 is 0 Å². The van der Waals surface area contributed by atoms with Gasteiger partial charge in [0.25, 0.3) is 0 Å². The van der Waals surface area contributed by atoms with Gasteiger partial charge in [0, 0.05) is 0 Å². The molecule has 328 valence electrons. The first-order valence-electron chi connectivity index (χ1n) is 17.6. The van der Waals surface area contributed by atoms with Gasteiger partial charge in [-0.2, -0.15) is 0 Å². The fraction of sp³-hybridized carbons (Fsp3) is 1.00. The Morgan fingerprint density at radius 3 is 0.857 bits per heavy atom. The maximum atomic E-state index is 11.3. The summed E-state index contributed by atoms with van der Waals surface area (Å²) in [4.78, 5) is 0. The van der Waals surface area contributed by atoms with Crippen LogP contribution in [0, 0.1) is 0 Å². The predicted molar refractivity (Wildman–Crippen MR) is 167 cm³/mol. The minimum Gasteiger partial charge on any atom is -0.394 e. The van der Waals surface area contributed by atoms with Gasteiger partial charge in [0.15, 0.2) is 31.5 Å². The molecule has 5 aliphatic rings. The average Bonchev–Trinajstić information content (AvgIpc) is 3.19. The summed E-state index contributed by atoms with van der Waals surface area (Å²) in [5.74, 6) is 0. The molecule has 0 aromatic carbocycles. The van der Waals surface area contributed by atoms with Crippen LogP contribution in [0.4, 0.5) is 0 Å². The first-order valence-corrected chi connectivity index (χ1v) is 17.6. The minimum absolute atomic E-state index is 0.833. The van der Waals surface area contributed by atoms with Crippen LogP contribution in [0.15, 0.2) is 0 Å². The zero-order valence-electron chi connectivity index (χ0n) is 29.2. The largest absolute Gasteiger partial charge is 0.394 e. The summed E-state index contributed by atoms with van der Waals surface area (Å²) in [5.41, 5.74) is 0. The summed E-state index contributed by atoms with van der Waals surface area (Å²) in [6.45, 7) is -4.60. The summed E-state index contributed by atoms with van der Waals surface area (Å²) in [6.07, 6.45) is -48.2. The van der Waals surface area contributed by atoms with Crippen molar-refractivity contribution in [2.75, 3.05) is 33.0 Å². The second kappa shape index (κ2) is 19.6. The molecule has 1 unspecified atom stereocenters. The Bertz CT molecular complexity index is 1210. The Balaban J connectivity index is 1.45. The van der Waals surface area contributed by atoms with Crippen LogP contribution in [-0.2, 0) is 42.6 Å². The second-order valence-electron chi connectivity index (χ2n) is 13.9. The summed E-state index contributed by atoms with van der Waals surface area (Å²) in [7, 11) is 0. The van der Waals surface area contributed by atoms with Crippen LogP contribution < -0.4 is 0 Å². The fourth-order valence-corrected chi connectivity index (χ4v) is 6.95. The maximum Gasteiger partial charge on any atom is 0.187 e. The number of aliphatic hydroxyl groups is 17. The van der Waals surface area contributed by atoms with E-state index in [1.165, 1.54) is 0 Å². The van der Waals surface area contributed by atoms with Gasteiger partial charge in [-0.3, -0.25) is 0 Å². The normalized spacial score (nSPS) is 53.2. The molecular formula is C30H52O26. The molecule has 26 nitrogen and oxygen atoms in total. The van der Waals surface area contributed by atoms with Crippen molar-refractivity contribution in [2.45, 2.75) is 154 Å². The smallest absolute Gasteiger partial charge is 0.187 e. The van der Waals surface area contributed by atoms with E-state index in [1.54, 1.807) is 0 Å². The molecule has 5 heterocycles. The number of hydrogen-bond acceptors (Lipinski definition) is 26. The molecule has 0 aliphatic carbocycles. The van der Waals surface area contributed by atoms with Gasteiger partial charge in [-0.05, 0) is 0 Å². The first-order chi connectivity index (χ1) is 26.5. The van der Waals surface area contributed by atoms with Crippen molar-refractivity contribution in [1.82, 2.24) is 0 Å². The topological polar surface area (TPSA) is 427 Å². The van der Waals surface area contributed by atoms with Gasteiger partial charge >= 0.3 is 0 Å². The molecule has 5 aliphatic heterocycles. The third-order valence-corrected chi connectivity index (χ3v) is 10.3. The average molecular weight is 829 g/mol. The molecule has 56 heavy (non-hydrogen) atoms. The molecule has 0 aromatic heterocycles. The molecule has 5 saturated heterocycles. The van der Waals surface area contributed by atoms with E-state index in [0.29, 0.717) is 0 Å². The van der Waals surface area contributed by atoms with Gasteiger partial charge in [-0.25, -0.2) is 0 Å². The number of ether oxygens (including phenoxy) is 9. The van der Waals surface area contributed by atoms with Gasteiger partial charge in [0.1, 0.15) is 122 Å². The fourth-order valence-electron chi connectivity index (χ4n) is 6.95. The molecule has 0 spiro atoms. The lowest BCUT2D eigenvalue weighted by molar-refractivity contribution is -0.412. The molecule has 0 radical (unpaired) electrons. The summed E-state index contributed by atoms with van der Waals surface area (Å²) in [5, 5.41) is 177. The van der Waals surface area contributed by atoms with Gasteiger partial charge in [0.2, 0.25) is 0 Å². The zero-order valence-corrected chi connectivity index (χ0v) is 29.2. The third-order valence-electron chi connectivity index (χ3n) is 10.3. The second-order valence-corrected chi connectivity index (χ2v) is 13.9. The quantitative estimate of drug-likeness (QED) is 0.0819. The van der Waals surface area contributed by atoms with Crippen LogP contribution in [0.3, 0.4) is 0 Å².